The van der Waals surface area contributed by atoms with Crippen LogP contribution < -0.4 is 5.32 Å². The van der Waals surface area contributed by atoms with Gasteiger partial charge in [0.05, 0.1) is 12.4 Å². The molecule has 0 heterocycles. The van der Waals surface area contributed by atoms with Crippen LogP contribution in [0.5, 0.6) is 0 Å². The molecule has 1 aromatic rings. The van der Waals surface area contributed by atoms with Crippen molar-refractivity contribution in [3.05, 3.63) is 34.1 Å². The van der Waals surface area contributed by atoms with Crippen LogP contribution in [-0.4, -0.2) is 38.3 Å². The van der Waals surface area contributed by atoms with Crippen molar-refractivity contribution >= 4 is 31.7 Å². The molecule has 1 aromatic carbocycles. The summed E-state index contributed by atoms with van der Waals surface area (Å²) in [4.78, 5) is 11.2. The molecule has 0 aliphatic rings. The molecule has 1 rings (SSSR count). The topological polar surface area (TPSA) is 83.5 Å². The van der Waals surface area contributed by atoms with Crippen LogP contribution >= 0.6 is 15.9 Å². The van der Waals surface area contributed by atoms with Gasteiger partial charge in [0.25, 0.3) is 0 Å². The second kappa shape index (κ2) is 6.97. The maximum absolute atomic E-state index is 13.5. The number of hydrogen-bond donors (Lipinski definition) is 2. The van der Waals surface area contributed by atoms with E-state index in [2.05, 4.69) is 21.2 Å². The Morgan fingerprint density at radius 3 is 2.68 bits per heavy atom. The number of carbonyl (C=O) groups excluding carboxylic acids is 1. The van der Waals surface area contributed by atoms with Gasteiger partial charge < -0.3 is 10.4 Å². The van der Waals surface area contributed by atoms with Crippen molar-refractivity contribution in [3.63, 3.8) is 0 Å². The molecule has 8 heteroatoms. The Hall–Kier alpha value is -0.990. The first kappa shape index (κ1) is 16.1. The molecule has 0 aliphatic carbocycles. The van der Waals surface area contributed by atoms with E-state index < -0.39 is 33.1 Å². The zero-order valence-electron chi connectivity index (χ0n) is 9.90. The van der Waals surface area contributed by atoms with Crippen molar-refractivity contribution in [2.45, 2.75) is 5.75 Å². The molecule has 0 saturated carbocycles. The number of carbonyl (C=O) groups is 1. The average molecular weight is 354 g/mol. The van der Waals surface area contributed by atoms with Gasteiger partial charge in [-0.3, -0.25) is 4.79 Å². The van der Waals surface area contributed by atoms with E-state index in [-0.39, 0.29) is 18.7 Å². The minimum atomic E-state index is -3.75. The Morgan fingerprint density at radius 2 is 2.11 bits per heavy atom. The van der Waals surface area contributed by atoms with Crippen LogP contribution in [0.25, 0.3) is 0 Å². The lowest BCUT2D eigenvalue weighted by Gasteiger charge is -2.06. The predicted molar refractivity (Wildman–Crippen MR) is 71.7 cm³/mol. The highest BCUT2D eigenvalue weighted by Crippen LogP contribution is 2.17. The summed E-state index contributed by atoms with van der Waals surface area (Å²) in [5, 5.41) is 10.7. The summed E-state index contributed by atoms with van der Waals surface area (Å²) in [5.74, 6) is -2.64. The van der Waals surface area contributed by atoms with Crippen LogP contribution in [0, 0.1) is 5.82 Å². The highest BCUT2D eigenvalue weighted by Gasteiger charge is 2.19. The van der Waals surface area contributed by atoms with E-state index in [0.717, 1.165) is 6.07 Å². The first-order chi connectivity index (χ1) is 8.84. The van der Waals surface area contributed by atoms with Crippen molar-refractivity contribution in [2.75, 3.05) is 18.9 Å². The maximum Gasteiger partial charge on any atom is 0.235 e. The van der Waals surface area contributed by atoms with Crippen LogP contribution in [-0.2, 0) is 20.4 Å². The highest BCUT2D eigenvalue weighted by atomic mass is 79.9. The fourth-order valence-corrected chi connectivity index (χ4v) is 3.02. The first-order valence-electron chi connectivity index (χ1n) is 5.36. The van der Waals surface area contributed by atoms with Gasteiger partial charge in [0.1, 0.15) is 11.6 Å². The Bertz CT molecular complexity index is 562. The summed E-state index contributed by atoms with van der Waals surface area (Å²) in [6, 6.07) is 4.04. The van der Waals surface area contributed by atoms with Crippen molar-refractivity contribution in [2.24, 2.45) is 0 Å². The molecule has 106 valence electrons. The van der Waals surface area contributed by atoms with Gasteiger partial charge in [0.15, 0.2) is 9.84 Å². The van der Waals surface area contributed by atoms with Gasteiger partial charge in [-0.1, -0.05) is 22.0 Å². The fourth-order valence-electron chi connectivity index (χ4n) is 1.37. The SMILES string of the molecule is O=C(CS(=O)(=O)Cc1ccc(Br)cc1F)NCCO. The molecule has 19 heavy (non-hydrogen) atoms. The molecule has 2 N–H and O–H groups in total. The van der Waals surface area contributed by atoms with Crippen molar-refractivity contribution < 1.29 is 22.7 Å². The number of halogens is 2. The van der Waals surface area contributed by atoms with Gasteiger partial charge in [-0.25, -0.2) is 12.8 Å². The van der Waals surface area contributed by atoms with E-state index in [1.807, 2.05) is 0 Å². The maximum atomic E-state index is 13.5. The minimum Gasteiger partial charge on any atom is -0.395 e. The quantitative estimate of drug-likeness (QED) is 0.784. The summed E-state index contributed by atoms with van der Waals surface area (Å²) in [6.45, 7) is -0.284. The highest BCUT2D eigenvalue weighted by molar-refractivity contribution is 9.10. The molecule has 5 nitrogen and oxygen atoms in total. The van der Waals surface area contributed by atoms with E-state index in [4.69, 9.17) is 5.11 Å². The van der Waals surface area contributed by atoms with E-state index >= 15 is 0 Å². The van der Waals surface area contributed by atoms with E-state index in [0.29, 0.717) is 4.47 Å². The molecule has 0 bridgehead atoms. The van der Waals surface area contributed by atoms with Crippen LogP contribution in [0.3, 0.4) is 0 Å². The van der Waals surface area contributed by atoms with E-state index in [1.54, 1.807) is 0 Å². The summed E-state index contributed by atoms with van der Waals surface area (Å²) in [7, 11) is -3.75. The smallest absolute Gasteiger partial charge is 0.235 e. The molecule has 1 amide bonds. The number of aliphatic hydroxyl groups excluding tert-OH is 1. The number of sulfone groups is 1. The van der Waals surface area contributed by atoms with Crippen LogP contribution in [0.4, 0.5) is 4.39 Å². The molecular weight excluding hydrogens is 341 g/mol. The van der Waals surface area contributed by atoms with Gasteiger partial charge in [0, 0.05) is 16.6 Å². The number of benzene rings is 1. The summed E-state index contributed by atoms with van der Waals surface area (Å²) >= 11 is 3.07. The van der Waals surface area contributed by atoms with Crippen LogP contribution in [0.15, 0.2) is 22.7 Å². The lowest BCUT2D eigenvalue weighted by atomic mass is 10.2. The third kappa shape index (κ3) is 5.66. The lowest BCUT2D eigenvalue weighted by molar-refractivity contribution is -0.118. The number of nitrogens with one attached hydrogen (secondary N) is 1. The van der Waals surface area contributed by atoms with Crippen LogP contribution in [0.2, 0.25) is 0 Å². The normalized spacial score (nSPS) is 11.3. The minimum absolute atomic E-state index is 0.0122. The third-order valence-corrected chi connectivity index (χ3v) is 4.12. The summed E-state index contributed by atoms with van der Waals surface area (Å²) in [6.07, 6.45) is 0. The Labute approximate surface area is 118 Å². The molecular formula is C11H13BrFNO4S. The summed E-state index contributed by atoms with van der Waals surface area (Å²) < 4.78 is 37.4. The van der Waals surface area contributed by atoms with Gasteiger partial charge in [-0.2, -0.15) is 0 Å². The van der Waals surface area contributed by atoms with Gasteiger partial charge >= 0.3 is 0 Å². The molecule has 0 saturated heterocycles. The molecule has 0 atom stereocenters. The molecule has 0 aliphatic heterocycles. The predicted octanol–water partition coefficient (Wildman–Crippen LogP) is 0.612. The largest absolute Gasteiger partial charge is 0.395 e. The Morgan fingerprint density at radius 1 is 1.42 bits per heavy atom. The number of rotatable bonds is 6. The number of aliphatic hydroxyl groups is 1. The number of amides is 1. The molecule has 0 fully saturated rings. The molecule has 0 unspecified atom stereocenters. The average Bonchev–Trinajstić information content (AvgIpc) is 2.29. The first-order valence-corrected chi connectivity index (χ1v) is 7.97. The Balaban J connectivity index is 2.71. The second-order valence-electron chi connectivity index (χ2n) is 3.84. The molecule has 0 aromatic heterocycles. The molecule has 0 spiro atoms. The second-order valence-corrected chi connectivity index (χ2v) is 6.82. The van der Waals surface area contributed by atoms with Gasteiger partial charge in [-0.15, -0.1) is 0 Å². The van der Waals surface area contributed by atoms with E-state index in [9.17, 15) is 17.6 Å². The Kier molecular flexibility index (Phi) is 5.89. The molecule has 0 radical (unpaired) electrons. The monoisotopic (exact) mass is 353 g/mol. The standard InChI is InChI=1S/C11H13BrFNO4S/c12-9-2-1-8(10(13)5-9)6-19(17,18)7-11(16)14-3-4-15/h1-2,5,15H,3-4,6-7H2,(H,14,16). The van der Waals surface area contributed by atoms with Crippen molar-refractivity contribution in [1.82, 2.24) is 5.32 Å². The van der Waals surface area contributed by atoms with Gasteiger partial charge in [-0.05, 0) is 12.1 Å². The summed E-state index contributed by atoms with van der Waals surface area (Å²) in [5.41, 5.74) is 0.0122. The lowest BCUT2D eigenvalue weighted by Crippen LogP contribution is -2.32. The van der Waals surface area contributed by atoms with Crippen molar-refractivity contribution in [3.8, 4) is 0 Å². The third-order valence-electron chi connectivity index (χ3n) is 2.18. The van der Waals surface area contributed by atoms with Crippen molar-refractivity contribution in [1.29, 1.82) is 0 Å². The zero-order valence-corrected chi connectivity index (χ0v) is 12.3. The van der Waals surface area contributed by atoms with Gasteiger partial charge in [0.2, 0.25) is 5.91 Å². The van der Waals surface area contributed by atoms with Crippen LogP contribution in [0.1, 0.15) is 5.56 Å². The fraction of sp³-hybridized carbons (Fsp3) is 0.364. The number of hydrogen-bond acceptors (Lipinski definition) is 4. The zero-order chi connectivity index (χ0) is 14.5. The van der Waals surface area contributed by atoms with E-state index in [1.165, 1.54) is 12.1 Å².